The van der Waals surface area contributed by atoms with Crippen LogP contribution in [-0.4, -0.2) is 32.7 Å². The van der Waals surface area contributed by atoms with Crippen molar-refractivity contribution in [2.24, 2.45) is 7.05 Å². The predicted octanol–water partition coefficient (Wildman–Crippen LogP) is 4.13. The van der Waals surface area contributed by atoms with Crippen molar-refractivity contribution in [1.82, 2.24) is 19.2 Å². The lowest BCUT2D eigenvalue weighted by Crippen LogP contribution is -2.00. The number of pyridine rings is 1. The third kappa shape index (κ3) is 2.79. The van der Waals surface area contributed by atoms with Gasteiger partial charge in [0.05, 0.1) is 36.4 Å². The van der Waals surface area contributed by atoms with Gasteiger partial charge in [0.1, 0.15) is 5.75 Å². The molecule has 7 heteroatoms. The SMILES string of the molecule is COc1ccccc1-c1cc(NC=O)c2ncc(-c3ccc4c(cnn4C)c3)n2c1. The molecule has 0 aliphatic carbocycles. The standard InChI is InChI=1S/C23H19N5O2/c1-27-20-8-7-15(9-16(20)11-26-27)21-12-24-23-19(25-14-29)10-17(13-28(21)23)18-5-3-4-6-22(18)30-2/h3-14H,1-2H3,(H,25,29). The third-order valence-corrected chi connectivity index (χ3v) is 5.28. The number of rotatable bonds is 5. The number of para-hydroxylation sites is 1. The lowest BCUT2D eigenvalue weighted by atomic mass is 10.1. The highest BCUT2D eigenvalue weighted by atomic mass is 16.5. The molecule has 3 heterocycles. The maximum absolute atomic E-state index is 11.2. The van der Waals surface area contributed by atoms with Gasteiger partial charge >= 0.3 is 0 Å². The molecule has 0 radical (unpaired) electrons. The Kier molecular flexibility index (Phi) is 4.21. The van der Waals surface area contributed by atoms with Gasteiger partial charge in [-0.1, -0.05) is 24.3 Å². The summed E-state index contributed by atoms with van der Waals surface area (Å²) >= 11 is 0. The van der Waals surface area contributed by atoms with Gasteiger partial charge in [-0.25, -0.2) is 4.98 Å². The van der Waals surface area contributed by atoms with Crippen molar-refractivity contribution in [2.45, 2.75) is 0 Å². The molecule has 0 spiro atoms. The predicted molar refractivity (Wildman–Crippen MR) is 117 cm³/mol. The Balaban J connectivity index is 1.75. The molecule has 0 saturated carbocycles. The number of anilines is 1. The number of carbonyl (C=O) groups is 1. The number of hydrogen-bond donors (Lipinski definition) is 1. The third-order valence-electron chi connectivity index (χ3n) is 5.28. The highest BCUT2D eigenvalue weighted by Crippen LogP contribution is 2.34. The van der Waals surface area contributed by atoms with Crippen LogP contribution in [0.4, 0.5) is 5.69 Å². The largest absolute Gasteiger partial charge is 0.496 e. The number of fused-ring (bicyclic) bond motifs is 2. The van der Waals surface area contributed by atoms with E-state index in [1.165, 1.54) is 0 Å². The lowest BCUT2D eigenvalue weighted by molar-refractivity contribution is -0.105. The fourth-order valence-corrected chi connectivity index (χ4v) is 3.82. The van der Waals surface area contributed by atoms with Crippen LogP contribution in [0.25, 0.3) is 38.9 Å². The van der Waals surface area contributed by atoms with Crippen LogP contribution in [0.2, 0.25) is 0 Å². The molecule has 0 aliphatic rings. The van der Waals surface area contributed by atoms with E-state index in [0.29, 0.717) is 17.7 Å². The van der Waals surface area contributed by atoms with Gasteiger partial charge in [-0.05, 0) is 24.3 Å². The Bertz CT molecular complexity index is 1400. The average molecular weight is 397 g/mol. The van der Waals surface area contributed by atoms with Crippen molar-refractivity contribution in [2.75, 3.05) is 12.4 Å². The maximum Gasteiger partial charge on any atom is 0.211 e. The Morgan fingerprint density at radius 2 is 1.93 bits per heavy atom. The lowest BCUT2D eigenvalue weighted by Gasteiger charge is -2.12. The Morgan fingerprint density at radius 1 is 1.07 bits per heavy atom. The highest BCUT2D eigenvalue weighted by molar-refractivity contribution is 5.88. The van der Waals surface area contributed by atoms with E-state index in [9.17, 15) is 4.79 Å². The Hall–Kier alpha value is -4.13. The zero-order valence-corrected chi connectivity index (χ0v) is 16.5. The van der Waals surface area contributed by atoms with Gasteiger partial charge in [-0.3, -0.25) is 13.9 Å². The minimum atomic E-state index is 0.627. The van der Waals surface area contributed by atoms with Crippen LogP contribution in [0.3, 0.4) is 0 Å². The fourth-order valence-electron chi connectivity index (χ4n) is 3.82. The quantitative estimate of drug-likeness (QED) is 0.453. The van der Waals surface area contributed by atoms with E-state index in [4.69, 9.17) is 4.74 Å². The molecule has 5 aromatic rings. The van der Waals surface area contributed by atoms with E-state index in [1.54, 1.807) is 7.11 Å². The Labute approximate surface area is 172 Å². The normalized spacial score (nSPS) is 11.1. The van der Waals surface area contributed by atoms with Gasteiger partial charge < -0.3 is 10.1 Å². The first-order chi connectivity index (χ1) is 14.7. The summed E-state index contributed by atoms with van der Waals surface area (Å²) in [6.45, 7) is 0. The van der Waals surface area contributed by atoms with Gasteiger partial charge in [0.15, 0.2) is 5.65 Å². The topological polar surface area (TPSA) is 73.4 Å². The second-order valence-electron chi connectivity index (χ2n) is 6.98. The highest BCUT2D eigenvalue weighted by Gasteiger charge is 2.15. The van der Waals surface area contributed by atoms with Crippen molar-refractivity contribution < 1.29 is 9.53 Å². The molecular weight excluding hydrogens is 378 g/mol. The van der Waals surface area contributed by atoms with Crippen LogP contribution < -0.4 is 10.1 Å². The maximum atomic E-state index is 11.2. The zero-order chi connectivity index (χ0) is 20.7. The van der Waals surface area contributed by atoms with Crippen LogP contribution in [0.5, 0.6) is 5.75 Å². The molecule has 3 aromatic heterocycles. The molecule has 2 aromatic carbocycles. The van der Waals surface area contributed by atoms with Crippen LogP contribution in [0, 0.1) is 0 Å². The van der Waals surface area contributed by atoms with Crippen molar-refractivity contribution in [3.8, 4) is 28.1 Å². The molecular formula is C23H19N5O2. The van der Waals surface area contributed by atoms with Crippen molar-refractivity contribution in [1.29, 1.82) is 0 Å². The molecule has 0 atom stereocenters. The summed E-state index contributed by atoms with van der Waals surface area (Å²) < 4.78 is 9.37. The monoisotopic (exact) mass is 397 g/mol. The smallest absolute Gasteiger partial charge is 0.211 e. The summed E-state index contributed by atoms with van der Waals surface area (Å²) in [5, 5.41) is 8.15. The van der Waals surface area contributed by atoms with Crippen LogP contribution in [0.1, 0.15) is 0 Å². The van der Waals surface area contributed by atoms with Crippen molar-refractivity contribution in [3.05, 3.63) is 67.1 Å². The molecule has 0 fully saturated rings. The summed E-state index contributed by atoms with van der Waals surface area (Å²) in [6.07, 6.45) is 6.34. The average Bonchev–Trinajstić information content (AvgIpc) is 3.37. The number of benzene rings is 2. The number of aryl methyl sites for hydroxylation is 1. The summed E-state index contributed by atoms with van der Waals surface area (Å²) in [5.41, 5.74) is 6.12. The molecule has 0 bridgehead atoms. The molecule has 30 heavy (non-hydrogen) atoms. The van der Waals surface area contributed by atoms with Gasteiger partial charge in [0.25, 0.3) is 0 Å². The molecule has 0 saturated heterocycles. The summed E-state index contributed by atoms with van der Waals surface area (Å²) in [4.78, 5) is 15.8. The first-order valence-electron chi connectivity index (χ1n) is 9.46. The Morgan fingerprint density at radius 3 is 2.77 bits per heavy atom. The van der Waals surface area contributed by atoms with Crippen molar-refractivity contribution >= 4 is 28.6 Å². The molecule has 148 valence electrons. The first-order valence-corrected chi connectivity index (χ1v) is 9.46. The molecule has 5 rings (SSSR count). The van der Waals surface area contributed by atoms with Crippen LogP contribution in [-0.2, 0) is 11.8 Å². The number of methoxy groups -OCH3 is 1. The van der Waals surface area contributed by atoms with E-state index in [1.807, 2.05) is 71.1 Å². The van der Waals surface area contributed by atoms with Gasteiger partial charge in [-0.2, -0.15) is 5.10 Å². The number of carbonyl (C=O) groups excluding carboxylic acids is 1. The second-order valence-corrected chi connectivity index (χ2v) is 6.98. The first kappa shape index (κ1) is 17.9. The minimum absolute atomic E-state index is 0.627. The number of aromatic nitrogens is 4. The van der Waals surface area contributed by atoms with E-state index in [-0.39, 0.29) is 0 Å². The number of hydrogen-bond acceptors (Lipinski definition) is 4. The zero-order valence-electron chi connectivity index (χ0n) is 16.5. The van der Waals surface area contributed by atoms with Crippen molar-refractivity contribution in [3.63, 3.8) is 0 Å². The molecule has 7 nitrogen and oxygen atoms in total. The molecule has 0 unspecified atom stereocenters. The molecule has 1 N–H and O–H groups in total. The van der Waals surface area contributed by atoms with Gasteiger partial charge in [0, 0.05) is 35.3 Å². The van der Waals surface area contributed by atoms with E-state index in [0.717, 1.165) is 39.0 Å². The number of imidazole rings is 1. The fraction of sp³-hybridized carbons (Fsp3) is 0.0870. The minimum Gasteiger partial charge on any atom is -0.496 e. The molecule has 1 amide bonds. The van der Waals surface area contributed by atoms with E-state index < -0.39 is 0 Å². The van der Waals surface area contributed by atoms with E-state index >= 15 is 0 Å². The summed E-state index contributed by atoms with van der Waals surface area (Å²) in [6, 6.07) is 15.9. The number of nitrogens with zero attached hydrogens (tertiary/aromatic N) is 4. The summed E-state index contributed by atoms with van der Waals surface area (Å²) in [5.74, 6) is 0.757. The molecule has 0 aliphatic heterocycles. The van der Waals surface area contributed by atoms with Gasteiger partial charge in [-0.15, -0.1) is 0 Å². The van der Waals surface area contributed by atoms with Crippen LogP contribution >= 0.6 is 0 Å². The van der Waals surface area contributed by atoms with Gasteiger partial charge in [0.2, 0.25) is 6.41 Å². The number of ether oxygens (including phenoxy) is 1. The second kappa shape index (κ2) is 7.04. The number of amides is 1. The summed E-state index contributed by atoms with van der Waals surface area (Å²) in [7, 11) is 3.57. The van der Waals surface area contributed by atoms with Crippen LogP contribution in [0.15, 0.2) is 67.1 Å². The number of nitrogens with one attached hydrogen (secondary N) is 1. The van der Waals surface area contributed by atoms with E-state index in [2.05, 4.69) is 27.5 Å².